The monoisotopic (exact) mass is 289 g/mol. The van der Waals surface area contributed by atoms with Gasteiger partial charge in [0.25, 0.3) is 0 Å². The van der Waals surface area contributed by atoms with Crippen molar-refractivity contribution in [2.24, 2.45) is 0 Å². The molecule has 1 atom stereocenters. The van der Waals surface area contributed by atoms with E-state index in [1.807, 2.05) is 25.1 Å². The third kappa shape index (κ3) is 1.92. The molecule has 0 saturated carbocycles. The van der Waals surface area contributed by atoms with Gasteiger partial charge in [-0.1, -0.05) is 42.5 Å². The van der Waals surface area contributed by atoms with E-state index in [9.17, 15) is 5.11 Å². The molecular weight excluding hydrogens is 270 g/mol. The summed E-state index contributed by atoms with van der Waals surface area (Å²) in [7, 11) is 0. The molecule has 0 aliphatic heterocycles. The maximum Gasteiger partial charge on any atom is 0.105 e. The minimum Gasteiger partial charge on any atom is -0.399 e. The quantitative estimate of drug-likeness (QED) is 0.703. The molecule has 0 heterocycles. The molecule has 0 unspecified atom stereocenters. The fourth-order valence-corrected chi connectivity index (χ4v) is 3.52. The number of aliphatic hydroxyl groups is 1. The Bertz CT molecular complexity index is 872. The number of rotatable bonds is 2. The first-order valence-corrected chi connectivity index (χ1v) is 7.72. The highest BCUT2D eigenvalue weighted by molar-refractivity contribution is 5.93. The third-order valence-electron chi connectivity index (χ3n) is 4.82. The molecule has 2 nitrogen and oxygen atoms in total. The summed E-state index contributed by atoms with van der Waals surface area (Å²) in [4.78, 5) is 0. The van der Waals surface area contributed by atoms with Crippen LogP contribution in [0.15, 0.2) is 48.5 Å². The summed E-state index contributed by atoms with van der Waals surface area (Å²) in [5.74, 6) is 0. The van der Waals surface area contributed by atoms with Crippen molar-refractivity contribution in [3.63, 3.8) is 0 Å². The van der Waals surface area contributed by atoms with Gasteiger partial charge in [-0.25, -0.2) is 0 Å². The molecule has 0 fully saturated rings. The van der Waals surface area contributed by atoms with Crippen LogP contribution in [0.1, 0.15) is 33.9 Å². The first-order chi connectivity index (χ1) is 10.6. The SMILES string of the molecule is Cc1ccc([C@@H](O)c2ccc3c4c(cccc24)CC3)cc1N. The van der Waals surface area contributed by atoms with Crippen molar-refractivity contribution in [3.8, 4) is 0 Å². The van der Waals surface area contributed by atoms with Gasteiger partial charge in [0, 0.05) is 5.69 Å². The van der Waals surface area contributed by atoms with Gasteiger partial charge in [0.15, 0.2) is 0 Å². The number of nitrogen functional groups attached to an aromatic ring is 1. The Hall–Kier alpha value is -2.32. The van der Waals surface area contributed by atoms with Crippen LogP contribution >= 0.6 is 0 Å². The summed E-state index contributed by atoms with van der Waals surface area (Å²) in [6.45, 7) is 1.98. The van der Waals surface area contributed by atoms with Gasteiger partial charge in [-0.15, -0.1) is 0 Å². The number of nitrogens with two attached hydrogens (primary N) is 1. The Labute approximate surface area is 130 Å². The van der Waals surface area contributed by atoms with Crippen molar-refractivity contribution < 1.29 is 5.11 Å². The standard InChI is InChI=1S/C20H19NO/c1-12-5-6-15(11-18(12)21)20(22)17-10-9-14-8-7-13-3-2-4-16(17)19(13)14/h2-6,9-11,20,22H,7-8,21H2,1H3/t20-/m1/s1. The Kier molecular flexibility index (Phi) is 2.95. The van der Waals surface area contributed by atoms with Crippen LogP contribution in [-0.4, -0.2) is 5.11 Å². The third-order valence-corrected chi connectivity index (χ3v) is 4.82. The second-order valence-electron chi connectivity index (χ2n) is 6.17. The average Bonchev–Trinajstić information content (AvgIpc) is 2.95. The van der Waals surface area contributed by atoms with Gasteiger partial charge in [0.1, 0.15) is 6.10 Å². The number of hydrogen-bond donors (Lipinski definition) is 2. The van der Waals surface area contributed by atoms with Crippen molar-refractivity contribution >= 4 is 16.5 Å². The van der Waals surface area contributed by atoms with Gasteiger partial charge < -0.3 is 10.8 Å². The lowest BCUT2D eigenvalue weighted by Gasteiger charge is -2.16. The van der Waals surface area contributed by atoms with Crippen molar-refractivity contribution in [1.29, 1.82) is 0 Å². The van der Waals surface area contributed by atoms with Crippen LogP contribution in [0.25, 0.3) is 10.8 Å². The molecule has 3 aromatic rings. The molecule has 4 rings (SSSR count). The van der Waals surface area contributed by atoms with Crippen LogP contribution in [0.3, 0.4) is 0 Å². The highest BCUT2D eigenvalue weighted by Crippen LogP contribution is 2.37. The summed E-state index contributed by atoms with van der Waals surface area (Å²) < 4.78 is 0. The number of benzene rings is 3. The van der Waals surface area contributed by atoms with Crippen LogP contribution in [0.5, 0.6) is 0 Å². The van der Waals surface area contributed by atoms with Crippen molar-refractivity contribution in [2.75, 3.05) is 5.73 Å². The first kappa shape index (κ1) is 13.4. The second kappa shape index (κ2) is 4.85. The molecule has 3 aromatic carbocycles. The smallest absolute Gasteiger partial charge is 0.105 e. The minimum atomic E-state index is -0.646. The molecular formula is C20H19NO. The molecule has 110 valence electrons. The van der Waals surface area contributed by atoms with Gasteiger partial charge in [0.2, 0.25) is 0 Å². The maximum atomic E-state index is 10.9. The molecule has 2 heteroatoms. The number of anilines is 1. The lowest BCUT2D eigenvalue weighted by Crippen LogP contribution is -2.03. The predicted octanol–water partition coefficient (Wildman–Crippen LogP) is 3.91. The minimum absolute atomic E-state index is 0.646. The topological polar surface area (TPSA) is 46.2 Å². The van der Waals surface area contributed by atoms with Crippen LogP contribution in [0, 0.1) is 6.92 Å². The van der Waals surface area contributed by atoms with Gasteiger partial charge >= 0.3 is 0 Å². The van der Waals surface area contributed by atoms with Gasteiger partial charge in [-0.3, -0.25) is 0 Å². The van der Waals surface area contributed by atoms with Crippen LogP contribution in [-0.2, 0) is 12.8 Å². The van der Waals surface area contributed by atoms with E-state index in [0.29, 0.717) is 0 Å². The molecule has 0 bridgehead atoms. The number of aliphatic hydroxyl groups excluding tert-OH is 1. The molecule has 0 radical (unpaired) electrons. The zero-order valence-corrected chi connectivity index (χ0v) is 12.6. The van der Waals surface area contributed by atoms with E-state index in [1.165, 1.54) is 21.9 Å². The largest absolute Gasteiger partial charge is 0.399 e. The van der Waals surface area contributed by atoms with E-state index in [1.54, 1.807) is 0 Å². The van der Waals surface area contributed by atoms with Gasteiger partial charge in [-0.2, -0.15) is 0 Å². The summed E-state index contributed by atoms with van der Waals surface area (Å²) in [5, 5.41) is 13.4. The van der Waals surface area contributed by atoms with Crippen molar-refractivity contribution in [2.45, 2.75) is 25.9 Å². The maximum absolute atomic E-state index is 10.9. The summed E-state index contributed by atoms with van der Waals surface area (Å²) in [6.07, 6.45) is 1.56. The van der Waals surface area contributed by atoms with Crippen LogP contribution in [0.2, 0.25) is 0 Å². The van der Waals surface area contributed by atoms with E-state index < -0.39 is 6.10 Å². The normalized spacial score (nSPS) is 14.5. The van der Waals surface area contributed by atoms with E-state index in [4.69, 9.17) is 5.73 Å². The fourth-order valence-electron chi connectivity index (χ4n) is 3.52. The molecule has 1 aliphatic rings. The summed E-state index contributed by atoms with van der Waals surface area (Å²) in [5.41, 5.74) is 12.4. The Morgan fingerprint density at radius 2 is 1.77 bits per heavy atom. The van der Waals surface area contributed by atoms with E-state index >= 15 is 0 Å². The summed E-state index contributed by atoms with van der Waals surface area (Å²) >= 11 is 0. The molecule has 1 aliphatic carbocycles. The molecule has 0 spiro atoms. The molecule has 0 aromatic heterocycles. The van der Waals surface area contributed by atoms with Gasteiger partial charge in [-0.05, 0) is 64.4 Å². The lowest BCUT2D eigenvalue weighted by atomic mass is 9.93. The highest BCUT2D eigenvalue weighted by atomic mass is 16.3. The Balaban J connectivity index is 1.89. The first-order valence-electron chi connectivity index (χ1n) is 7.72. The number of aryl methyl sites for hydroxylation is 3. The molecule has 0 saturated heterocycles. The average molecular weight is 289 g/mol. The lowest BCUT2D eigenvalue weighted by molar-refractivity contribution is 0.222. The summed E-state index contributed by atoms with van der Waals surface area (Å²) in [6, 6.07) is 16.4. The molecule has 22 heavy (non-hydrogen) atoms. The predicted molar refractivity (Wildman–Crippen MR) is 91.0 cm³/mol. The van der Waals surface area contributed by atoms with E-state index in [0.717, 1.165) is 35.2 Å². The molecule has 3 N–H and O–H groups in total. The van der Waals surface area contributed by atoms with Crippen molar-refractivity contribution in [3.05, 3.63) is 76.3 Å². The fraction of sp³-hybridized carbons (Fsp3) is 0.200. The Morgan fingerprint density at radius 1 is 1.00 bits per heavy atom. The highest BCUT2D eigenvalue weighted by Gasteiger charge is 2.20. The van der Waals surface area contributed by atoms with Crippen LogP contribution < -0.4 is 5.73 Å². The van der Waals surface area contributed by atoms with Crippen LogP contribution in [0.4, 0.5) is 5.69 Å². The zero-order chi connectivity index (χ0) is 15.3. The Morgan fingerprint density at radius 3 is 2.55 bits per heavy atom. The van der Waals surface area contributed by atoms with E-state index in [2.05, 4.69) is 30.3 Å². The van der Waals surface area contributed by atoms with E-state index in [-0.39, 0.29) is 0 Å². The zero-order valence-electron chi connectivity index (χ0n) is 12.6. The van der Waals surface area contributed by atoms with Crippen molar-refractivity contribution in [1.82, 2.24) is 0 Å². The van der Waals surface area contributed by atoms with Gasteiger partial charge in [0.05, 0.1) is 0 Å². The second-order valence-corrected chi connectivity index (χ2v) is 6.17. The molecule has 0 amide bonds. The number of hydrogen-bond acceptors (Lipinski definition) is 2.